The highest BCUT2D eigenvalue weighted by Gasteiger charge is 2.11. The molecule has 0 aliphatic rings. The summed E-state index contributed by atoms with van der Waals surface area (Å²) in [5.74, 6) is 0.501. The number of hydrogen-bond acceptors (Lipinski definition) is 4. The van der Waals surface area contributed by atoms with Crippen LogP contribution in [0.2, 0.25) is 0 Å². The van der Waals surface area contributed by atoms with Crippen molar-refractivity contribution in [2.75, 3.05) is 19.0 Å². The van der Waals surface area contributed by atoms with Gasteiger partial charge in [0.1, 0.15) is 11.6 Å². The van der Waals surface area contributed by atoms with E-state index in [1.54, 1.807) is 11.3 Å². The molecule has 3 nitrogen and oxygen atoms in total. The van der Waals surface area contributed by atoms with Crippen molar-refractivity contribution in [3.05, 3.63) is 44.4 Å². The second-order valence-electron chi connectivity index (χ2n) is 4.25. The van der Waals surface area contributed by atoms with Crippen LogP contribution < -0.4 is 10.2 Å². The maximum absolute atomic E-state index is 13.3. The highest BCUT2D eigenvalue weighted by molar-refractivity contribution is 9.10. The molecule has 0 amide bonds. The standard InChI is InChI=1S/C13H15BrFN3S/c1-16-5-9-3-11(15)6-17-13(9)18(2)7-12-4-10(14)8-19-12/h3-4,6,8,16H,5,7H2,1-2H3. The molecule has 0 aromatic carbocycles. The van der Waals surface area contributed by atoms with Crippen LogP contribution in [0.5, 0.6) is 0 Å². The second kappa shape index (κ2) is 6.45. The van der Waals surface area contributed by atoms with Gasteiger partial charge < -0.3 is 10.2 Å². The monoisotopic (exact) mass is 343 g/mol. The zero-order valence-corrected chi connectivity index (χ0v) is 13.2. The van der Waals surface area contributed by atoms with Crippen molar-refractivity contribution < 1.29 is 4.39 Å². The summed E-state index contributed by atoms with van der Waals surface area (Å²) in [7, 11) is 3.80. The molecule has 0 atom stereocenters. The first-order valence-electron chi connectivity index (χ1n) is 5.83. The molecule has 0 saturated heterocycles. The second-order valence-corrected chi connectivity index (χ2v) is 6.17. The molecule has 0 aliphatic carbocycles. The van der Waals surface area contributed by atoms with Crippen molar-refractivity contribution in [1.82, 2.24) is 10.3 Å². The third-order valence-electron chi connectivity index (χ3n) is 2.65. The highest BCUT2D eigenvalue weighted by Crippen LogP contribution is 2.24. The fraction of sp³-hybridized carbons (Fsp3) is 0.308. The molecule has 0 unspecified atom stereocenters. The van der Waals surface area contributed by atoms with E-state index in [1.807, 2.05) is 19.0 Å². The van der Waals surface area contributed by atoms with Crippen LogP contribution >= 0.6 is 27.3 Å². The van der Waals surface area contributed by atoms with Gasteiger partial charge in [0.2, 0.25) is 0 Å². The summed E-state index contributed by atoms with van der Waals surface area (Å²) in [6.45, 7) is 1.35. The first-order chi connectivity index (χ1) is 9.10. The largest absolute Gasteiger partial charge is 0.354 e. The Labute approximate surface area is 124 Å². The van der Waals surface area contributed by atoms with E-state index in [0.717, 1.165) is 22.4 Å². The van der Waals surface area contributed by atoms with Gasteiger partial charge in [-0.3, -0.25) is 0 Å². The number of thiophene rings is 1. The number of hydrogen-bond donors (Lipinski definition) is 1. The Morgan fingerprint density at radius 3 is 2.89 bits per heavy atom. The van der Waals surface area contributed by atoms with E-state index in [-0.39, 0.29) is 5.82 Å². The summed E-state index contributed by atoms with van der Waals surface area (Å²) in [5, 5.41) is 5.09. The van der Waals surface area contributed by atoms with Crippen LogP contribution in [0.1, 0.15) is 10.4 Å². The predicted molar refractivity (Wildman–Crippen MR) is 81.1 cm³/mol. The molecule has 0 fully saturated rings. The first kappa shape index (κ1) is 14.4. The minimum absolute atomic E-state index is 0.304. The molecule has 2 aromatic heterocycles. The van der Waals surface area contributed by atoms with E-state index in [9.17, 15) is 4.39 Å². The molecular weight excluding hydrogens is 329 g/mol. The smallest absolute Gasteiger partial charge is 0.141 e. The van der Waals surface area contributed by atoms with Crippen LogP contribution in [-0.4, -0.2) is 19.1 Å². The van der Waals surface area contributed by atoms with E-state index >= 15 is 0 Å². The number of halogens is 2. The summed E-state index contributed by atoms with van der Waals surface area (Å²) >= 11 is 5.13. The SMILES string of the molecule is CNCc1cc(F)cnc1N(C)Cc1cc(Br)cs1. The van der Waals surface area contributed by atoms with Crippen molar-refractivity contribution in [1.29, 1.82) is 0 Å². The van der Waals surface area contributed by atoms with Gasteiger partial charge in [-0.1, -0.05) is 0 Å². The van der Waals surface area contributed by atoms with Gasteiger partial charge in [0.15, 0.2) is 0 Å². The Morgan fingerprint density at radius 1 is 1.47 bits per heavy atom. The normalized spacial score (nSPS) is 10.7. The lowest BCUT2D eigenvalue weighted by molar-refractivity contribution is 0.615. The molecule has 6 heteroatoms. The third-order valence-corrected chi connectivity index (χ3v) is 4.34. The Morgan fingerprint density at radius 2 is 2.26 bits per heavy atom. The predicted octanol–water partition coefficient (Wildman–Crippen LogP) is 3.40. The summed E-state index contributed by atoms with van der Waals surface area (Å²) in [6, 6.07) is 3.61. The highest BCUT2D eigenvalue weighted by atomic mass is 79.9. The molecular formula is C13H15BrFN3S. The molecule has 0 saturated carbocycles. The minimum Gasteiger partial charge on any atom is -0.354 e. The van der Waals surface area contributed by atoms with Crippen LogP contribution in [-0.2, 0) is 13.1 Å². The quantitative estimate of drug-likeness (QED) is 0.901. The number of aromatic nitrogens is 1. The average Bonchev–Trinajstić information content (AvgIpc) is 2.75. The molecule has 1 N–H and O–H groups in total. The van der Waals surface area contributed by atoms with Crippen molar-refractivity contribution in [3.63, 3.8) is 0 Å². The molecule has 0 aliphatic heterocycles. The zero-order valence-electron chi connectivity index (χ0n) is 10.8. The third kappa shape index (κ3) is 3.75. The van der Waals surface area contributed by atoms with Gasteiger partial charge in [-0.05, 0) is 35.1 Å². The van der Waals surface area contributed by atoms with Crippen LogP contribution in [0.25, 0.3) is 0 Å². The maximum Gasteiger partial charge on any atom is 0.141 e. The fourth-order valence-electron chi connectivity index (χ4n) is 1.88. The van der Waals surface area contributed by atoms with Crippen LogP contribution in [0.3, 0.4) is 0 Å². The first-order valence-corrected chi connectivity index (χ1v) is 7.50. The number of nitrogens with zero attached hydrogens (tertiary/aromatic N) is 2. The van der Waals surface area contributed by atoms with Gasteiger partial charge in [0.25, 0.3) is 0 Å². The number of rotatable bonds is 5. The minimum atomic E-state index is -0.304. The van der Waals surface area contributed by atoms with Gasteiger partial charge in [0.05, 0.1) is 12.7 Å². The van der Waals surface area contributed by atoms with Gasteiger partial charge in [-0.2, -0.15) is 0 Å². The molecule has 102 valence electrons. The van der Waals surface area contributed by atoms with E-state index < -0.39 is 0 Å². The summed E-state index contributed by atoms with van der Waals surface area (Å²) < 4.78 is 14.3. The van der Waals surface area contributed by atoms with E-state index in [4.69, 9.17) is 0 Å². The molecule has 2 rings (SSSR count). The van der Waals surface area contributed by atoms with Gasteiger partial charge in [0, 0.05) is 33.9 Å². The molecule has 0 spiro atoms. The molecule has 0 bridgehead atoms. The maximum atomic E-state index is 13.3. The summed E-state index contributed by atoms with van der Waals surface area (Å²) in [4.78, 5) is 7.47. The van der Waals surface area contributed by atoms with E-state index in [1.165, 1.54) is 17.1 Å². The van der Waals surface area contributed by atoms with Crippen LogP contribution in [0.4, 0.5) is 10.2 Å². The Hall–Kier alpha value is -0.980. The fourth-order valence-corrected chi connectivity index (χ4v) is 3.39. The Balaban J connectivity index is 2.20. The lowest BCUT2D eigenvalue weighted by Crippen LogP contribution is -2.20. The number of pyridine rings is 1. The Bertz CT molecular complexity index is 559. The van der Waals surface area contributed by atoms with Gasteiger partial charge >= 0.3 is 0 Å². The lowest BCUT2D eigenvalue weighted by Gasteiger charge is -2.20. The van der Waals surface area contributed by atoms with Gasteiger partial charge in [-0.15, -0.1) is 11.3 Å². The van der Waals surface area contributed by atoms with E-state index in [2.05, 4.69) is 37.7 Å². The number of nitrogens with one attached hydrogen (secondary N) is 1. The van der Waals surface area contributed by atoms with Crippen molar-refractivity contribution in [2.24, 2.45) is 0 Å². The molecule has 2 heterocycles. The van der Waals surface area contributed by atoms with Crippen LogP contribution in [0, 0.1) is 5.82 Å². The summed E-state index contributed by atoms with van der Waals surface area (Å²) in [5.41, 5.74) is 0.862. The van der Waals surface area contributed by atoms with Gasteiger partial charge in [-0.25, -0.2) is 9.37 Å². The lowest BCUT2D eigenvalue weighted by atomic mass is 10.2. The zero-order chi connectivity index (χ0) is 13.8. The van der Waals surface area contributed by atoms with Crippen molar-refractivity contribution >= 4 is 33.1 Å². The van der Waals surface area contributed by atoms with Crippen molar-refractivity contribution in [2.45, 2.75) is 13.1 Å². The molecule has 19 heavy (non-hydrogen) atoms. The molecule has 0 radical (unpaired) electrons. The number of anilines is 1. The Kier molecular flexibility index (Phi) is 4.90. The van der Waals surface area contributed by atoms with Crippen LogP contribution in [0.15, 0.2) is 28.2 Å². The average molecular weight is 344 g/mol. The summed E-state index contributed by atoms with van der Waals surface area (Å²) in [6.07, 6.45) is 1.26. The van der Waals surface area contributed by atoms with E-state index in [0.29, 0.717) is 6.54 Å². The topological polar surface area (TPSA) is 28.2 Å². The van der Waals surface area contributed by atoms with Crippen molar-refractivity contribution in [3.8, 4) is 0 Å². The molecule has 2 aromatic rings.